The molecule has 0 amide bonds. The lowest BCUT2D eigenvalue weighted by molar-refractivity contribution is -0.135. The Bertz CT molecular complexity index is 414. The third kappa shape index (κ3) is 2.87. The van der Waals surface area contributed by atoms with Gasteiger partial charge in [-0.1, -0.05) is 0 Å². The van der Waals surface area contributed by atoms with Gasteiger partial charge in [0.2, 0.25) is 0 Å². The summed E-state index contributed by atoms with van der Waals surface area (Å²) in [5.41, 5.74) is -0.463. The number of hydrogen-bond donors (Lipinski definition) is 1. The molecule has 2 nitrogen and oxygen atoms in total. The molecule has 100 valence electrons. The van der Waals surface area contributed by atoms with E-state index in [4.69, 9.17) is 4.74 Å². The molecule has 0 bridgehead atoms. The van der Waals surface area contributed by atoms with Gasteiger partial charge < -0.3 is 9.84 Å². The van der Waals surface area contributed by atoms with Gasteiger partial charge in [-0.25, -0.2) is 8.78 Å². The third-order valence-corrected chi connectivity index (χ3v) is 3.63. The summed E-state index contributed by atoms with van der Waals surface area (Å²) in [5.74, 6) is -0.983. The highest BCUT2D eigenvalue weighted by Crippen LogP contribution is 2.30. The minimum Gasteiger partial charge on any atom is -0.390 e. The first kappa shape index (κ1) is 13.4. The molecule has 1 N–H and O–H groups in total. The molecule has 18 heavy (non-hydrogen) atoms. The predicted molar refractivity (Wildman–Crippen MR) is 64.3 cm³/mol. The summed E-state index contributed by atoms with van der Waals surface area (Å²) in [4.78, 5) is 0. The van der Waals surface area contributed by atoms with Crippen LogP contribution < -0.4 is 0 Å². The van der Waals surface area contributed by atoms with Gasteiger partial charge >= 0.3 is 0 Å². The molecule has 1 heterocycles. The molecule has 1 aliphatic heterocycles. The van der Waals surface area contributed by atoms with Crippen molar-refractivity contribution in [3.63, 3.8) is 0 Å². The molecule has 1 fully saturated rings. The topological polar surface area (TPSA) is 29.5 Å². The molecule has 2 rings (SSSR count). The van der Waals surface area contributed by atoms with Crippen molar-refractivity contribution in [2.75, 3.05) is 6.61 Å². The van der Waals surface area contributed by atoms with Gasteiger partial charge in [0.15, 0.2) is 0 Å². The van der Waals surface area contributed by atoms with E-state index in [0.717, 1.165) is 37.5 Å². The summed E-state index contributed by atoms with van der Waals surface area (Å²) in [6, 6.07) is 3.29. The summed E-state index contributed by atoms with van der Waals surface area (Å²) in [6.07, 6.45) is 1.95. The second-order valence-corrected chi connectivity index (χ2v) is 5.07. The number of ether oxygens (including phenoxy) is 1. The molecule has 1 aromatic carbocycles. The smallest absolute Gasteiger partial charge is 0.126 e. The SMILES string of the molecule is CC1(C(O)Cc2cc(F)ccc2F)CCCCO1. The molecular formula is C14H18F2O2. The second kappa shape index (κ2) is 5.33. The highest BCUT2D eigenvalue weighted by molar-refractivity contribution is 5.20. The standard InChI is InChI=1S/C14H18F2O2/c1-14(6-2-3-7-18-14)13(17)9-10-8-11(15)4-5-12(10)16/h4-5,8,13,17H,2-3,6-7,9H2,1H3. The van der Waals surface area contributed by atoms with E-state index in [-0.39, 0.29) is 12.0 Å². The maximum Gasteiger partial charge on any atom is 0.126 e. The van der Waals surface area contributed by atoms with Gasteiger partial charge in [-0.05, 0) is 49.9 Å². The fourth-order valence-corrected chi connectivity index (χ4v) is 2.34. The van der Waals surface area contributed by atoms with Crippen molar-refractivity contribution in [1.29, 1.82) is 0 Å². The minimum absolute atomic E-state index is 0.0695. The minimum atomic E-state index is -0.825. The lowest BCUT2D eigenvalue weighted by Crippen LogP contribution is -2.45. The molecule has 0 radical (unpaired) electrons. The van der Waals surface area contributed by atoms with E-state index in [1.807, 2.05) is 6.92 Å². The number of rotatable bonds is 3. The van der Waals surface area contributed by atoms with E-state index in [2.05, 4.69) is 0 Å². The second-order valence-electron chi connectivity index (χ2n) is 5.07. The number of halogens is 2. The average molecular weight is 256 g/mol. The van der Waals surface area contributed by atoms with Crippen LogP contribution in [-0.2, 0) is 11.2 Å². The normalized spacial score (nSPS) is 26.0. The Morgan fingerprint density at radius 3 is 2.83 bits per heavy atom. The number of benzene rings is 1. The molecule has 1 aromatic rings. The van der Waals surface area contributed by atoms with Crippen LogP contribution in [0.15, 0.2) is 18.2 Å². The zero-order valence-corrected chi connectivity index (χ0v) is 10.5. The number of aliphatic hydroxyl groups is 1. The molecule has 1 aliphatic rings. The van der Waals surface area contributed by atoms with Crippen molar-refractivity contribution in [1.82, 2.24) is 0 Å². The van der Waals surface area contributed by atoms with E-state index < -0.39 is 23.3 Å². The quantitative estimate of drug-likeness (QED) is 0.901. The van der Waals surface area contributed by atoms with Gasteiger partial charge in [-0.2, -0.15) is 0 Å². The maximum atomic E-state index is 13.5. The van der Waals surface area contributed by atoms with E-state index in [1.54, 1.807) is 0 Å². The first-order chi connectivity index (χ1) is 8.51. The van der Waals surface area contributed by atoms with E-state index in [1.165, 1.54) is 0 Å². The van der Waals surface area contributed by atoms with Crippen molar-refractivity contribution in [2.45, 2.75) is 44.3 Å². The predicted octanol–water partition coefficient (Wildman–Crippen LogP) is 2.83. The Balaban J connectivity index is 2.10. The van der Waals surface area contributed by atoms with Gasteiger partial charge in [0.05, 0.1) is 11.7 Å². The van der Waals surface area contributed by atoms with Crippen LogP contribution in [0, 0.1) is 11.6 Å². The van der Waals surface area contributed by atoms with Gasteiger partial charge in [0, 0.05) is 13.0 Å². The Hall–Kier alpha value is -1.00. The van der Waals surface area contributed by atoms with Crippen LogP contribution >= 0.6 is 0 Å². The molecule has 1 saturated heterocycles. The molecule has 4 heteroatoms. The van der Waals surface area contributed by atoms with E-state index in [0.29, 0.717) is 6.61 Å². The highest BCUT2D eigenvalue weighted by Gasteiger charge is 2.36. The molecular weight excluding hydrogens is 238 g/mol. The van der Waals surface area contributed by atoms with Crippen LogP contribution in [0.3, 0.4) is 0 Å². The van der Waals surface area contributed by atoms with Crippen LogP contribution in [0.5, 0.6) is 0 Å². The van der Waals surface area contributed by atoms with Crippen LogP contribution in [0.4, 0.5) is 8.78 Å². The van der Waals surface area contributed by atoms with Gasteiger partial charge in [-0.15, -0.1) is 0 Å². The summed E-state index contributed by atoms with van der Waals surface area (Å²) >= 11 is 0. The van der Waals surface area contributed by atoms with Gasteiger partial charge in [-0.3, -0.25) is 0 Å². The van der Waals surface area contributed by atoms with E-state index >= 15 is 0 Å². The monoisotopic (exact) mass is 256 g/mol. The first-order valence-corrected chi connectivity index (χ1v) is 6.27. The van der Waals surface area contributed by atoms with Crippen LogP contribution in [-0.4, -0.2) is 23.4 Å². The van der Waals surface area contributed by atoms with Crippen molar-refractivity contribution in [2.24, 2.45) is 0 Å². The summed E-state index contributed by atoms with van der Waals surface area (Å²) in [6.45, 7) is 2.44. The van der Waals surface area contributed by atoms with Crippen molar-refractivity contribution >= 4 is 0 Å². The Kier molecular flexibility index (Phi) is 3.97. The summed E-state index contributed by atoms with van der Waals surface area (Å²) in [7, 11) is 0. The van der Waals surface area contributed by atoms with Crippen LogP contribution in [0.1, 0.15) is 31.7 Å². The number of hydrogen-bond acceptors (Lipinski definition) is 2. The molecule has 0 aliphatic carbocycles. The van der Waals surface area contributed by atoms with Crippen molar-refractivity contribution in [3.05, 3.63) is 35.4 Å². The lowest BCUT2D eigenvalue weighted by atomic mass is 9.86. The summed E-state index contributed by atoms with van der Waals surface area (Å²) in [5, 5.41) is 10.2. The molecule has 0 saturated carbocycles. The molecule has 2 atom stereocenters. The molecule has 0 spiro atoms. The fraction of sp³-hybridized carbons (Fsp3) is 0.571. The first-order valence-electron chi connectivity index (χ1n) is 6.27. The average Bonchev–Trinajstić information content (AvgIpc) is 2.35. The van der Waals surface area contributed by atoms with E-state index in [9.17, 15) is 13.9 Å². The number of aliphatic hydroxyl groups excluding tert-OH is 1. The zero-order valence-electron chi connectivity index (χ0n) is 10.5. The van der Waals surface area contributed by atoms with Crippen molar-refractivity contribution < 1.29 is 18.6 Å². The Morgan fingerprint density at radius 2 is 2.17 bits per heavy atom. The highest BCUT2D eigenvalue weighted by atomic mass is 19.1. The largest absolute Gasteiger partial charge is 0.390 e. The lowest BCUT2D eigenvalue weighted by Gasteiger charge is -2.38. The molecule has 0 aromatic heterocycles. The Labute approximate surface area is 106 Å². The Morgan fingerprint density at radius 1 is 1.39 bits per heavy atom. The maximum absolute atomic E-state index is 13.5. The fourth-order valence-electron chi connectivity index (χ4n) is 2.34. The molecule has 2 unspecified atom stereocenters. The third-order valence-electron chi connectivity index (χ3n) is 3.63. The van der Waals surface area contributed by atoms with Gasteiger partial charge in [0.1, 0.15) is 11.6 Å². The van der Waals surface area contributed by atoms with Crippen LogP contribution in [0.25, 0.3) is 0 Å². The van der Waals surface area contributed by atoms with Crippen molar-refractivity contribution in [3.8, 4) is 0 Å². The zero-order chi connectivity index (χ0) is 13.2. The van der Waals surface area contributed by atoms with Crippen LogP contribution in [0.2, 0.25) is 0 Å². The van der Waals surface area contributed by atoms with Gasteiger partial charge in [0.25, 0.3) is 0 Å². The summed E-state index contributed by atoms with van der Waals surface area (Å²) < 4.78 is 32.2.